The Bertz CT molecular complexity index is 335. The summed E-state index contributed by atoms with van der Waals surface area (Å²) >= 11 is 0. The predicted molar refractivity (Wildman–Crippen MR) is 78.8 cm³/mol. The SMILES string of the molecule is O=C(O)CCC1CC(NC2CCCC2)CN(C2CC2)C1. The van der Waals surface area contributed by atoms with Crippen molar-refractivity contribution in [2.75, 3.05) is 13.1 Å². The van der Waals surface area contributed by atoms with E-state index in [1.807, 2.05) is 0 Å². The highest BCUT2D eigenvalue weighted by molar-refractivity contribution is 5.66. The number of carboxylic acids is 1. The Morgan fingerprint density at radius 1 is 1.10 bits per heavy atom. The van der Waals surface area contributed by atoms with E-state index in [2.05, 4.69) is 10.2 Å². The monoisotopic (exact) mass is 280 g/mol. The van der Waals surface area contributed by atoms with Crippen LogP contribution in [-0.2, 0) is 4.79 Å². The van der Waals surface area contributed by atoms with Gasteiger partial charge in [0.05, 0.1) is 0 Å². The molecule has 114 valence electrons. The minimum Gasteiger partial charge on any atom is -0.481 e. The summed E-state index contributed by atoms with van der Waals surface area (Å²) in [4.78, 5) is 13.4. The van der Waals surface area contributed by atoms with Gasteiger partial charge in [0, 0.05) is 37.6 Å². The maximum absolute atomic E-state index is 10.8. The van der Waals surface area contributed by atoms with Gasteiger partial charge < -0.3 is 10.4 Å². The van der Waals surface area contributed by atoms with Crippen molar-refractivity contribution in [3.8, 4) is 0 Å². The van der Waals surface area contributed by atoms with Crippen LogP contribution in [0.2, 0.25) is 0 Å². The fourth-order valence-corrected chi connectivity index (χ4v) is 4.06. The summed E-state index contributed by atoms with van der Waals surface area (Å²) in [5.41, 5.74) is 0. The normalized spacial score (nSPS) is 32.6. The Morgan fingerprint density at radius 3 is 2.50 bits per heavy atom. The smallest absolute Gasteiger partial charge is 0.303 e. The van der Waals surface area contributed by atoms with Gasteiger partial charge in [-0.15, -0.1) is 0 Å². The summed E-state index contributed by atoms with van der Waals surface area (Å²) < 4.78 is 0. The van der Waals surface area contributed by atoms with E-state index in [-0.39, 0.29) is 0 Å². The zero-order chi connectivity index (χ0) is 13.9. The number of nitrogens with one attached hydrogen (secondary N) is 1. The standard InChI is InChI=1S/C16H28N2O2/c19-16(20)8-5-12-9-14(17-13-3-1-2-4-13)11-18(10-12)15-6-7-15/h12-15,17H,1-11H2,(H,19,20). The Morgan fingerprint density at radius 2 is 1.85 bits per heavy atom. The van der Waals surface area contributed by atoms with Crippen LogP contribution in [0, 0.1) is 5.92 Å². The minimum absolute atomic E-state index is 0.333. The Balaban J connectivity index is 1.53. The van der Waals surface area contributed by atoms with E-state index in [4.69, 9.17) is 5.11 Å². The lowest BCUT2D eigenvalue weighted by Crippen LogP contribution is -2.52. The number of carboxylic acid groups (broad SMARTS) is 1. The van der Waals surface area contributed by atoms with Crippen molar-refractivity contribution in [1.29, 1.82) is 0 Å². The van der Waals surface area contributed by atoms with Crippen LogP contribution < -0.4 is 5.32 Å². The van der Waals surface area contributed by atoms with Crippen molar-refractivity contribution in [1.82, 2.24) is 10.2 Å². The molecule has 2 N–H and O–H groups in total. The molecule has 0 aromatic carbocycles. The summed E-state index contributed by atoms with van der Waals surface area (Å²) in [6, 6.07) is 2.11. The third-order valence-electron chi connectivity index (χ3n) is 5.22. The largest absolute Gasteiger partial charge is 0.481 e. The molecule has 1 saturated heterocycles. The lowest BCUT2D eigenvalue weighted by molar-refractivity contribution is -0.137. The van der Waals surface area contributed by atoms with Gasteiger partial charge in [-0.2, -0.15) is 0 Å². The number of likely N-dealkylation sites (tertiary alicyclic amines) is 1. The zero-order valence-corrected chi connectivity index (χ0v) is 12.4. The topological polar surface area (TPSA) is 52.6 Å². The summed E-state index contributed by atoms with van der Waals surface area (Å²) in [5.74, 6) is -0.0757. The van der Waals surface area contributed by atoms with Crippen LogP contribution in [0.5, 0.6) is 0 Å². The van der Waals surface area contributed by atoms with Crippen molar-refractivity contribution >= 4 is 5.97 Å². The number of hydrogen-bond acceptors (Lipinski definition) is 3. The molecule has 0 aromatic heterocycles. The average molecular weight is 280 g/mol. The van der Waals surface area contributed by atoms with Gasteiger partial charge in [-0.05, 0) is 44.4 Å². The van der Waals surface area contributed by atoms with E-state index in [0.717, 1.165) is 25.0 Å². The molecule has 1 heterocycles. The molecule has 2 unspecified atom stereocenters. The van der Waals surface area contributed by atoms with Gasteiger partial charge in [-0.1, -0.05) is 12.8 Å². The average Bonchev–Trinajstić information content (AvgIpc) is 3.16. The van der Waals surface area contributed by atoms with Gasteiger partial charge in [0.15, 0.2) is 0 Å². The zero-order valence-electron chi connectivity index (χ0n) is 12.4. The fourth-order valence-electron chi connectivity index (χ4n) is 4.06. The lowest BCUT2D eigenvalue weighted by atomic mass is 9.89. The van der Waals surface area contributed by atoms with Gasteiger partial charge in [-0.25, -0.2) is 0 Å². The van der Waals surface area contributed by atoms with Gasteiger partial charge >= 0.3 is 5.97 Å². The number of nitrogens with zero attached hydrogens (tertiary/aromatic N) is 1. The summed E-state index contributed by atoms with van der Waals surface area (Å²) in [6.07, 6.45) is 10.5. The van der Waals surface area contributed by atoms with E-state index in [1.165, 1.54) is 51.5 Å². The molecular formula is C16H28N2O2. The summed E-state index contributed by atoms with van der Waals surface area (Å²) in [7, 11) is 0. The molecule has 2 saturated carbocycles. The molecule has 4 heteroatoms. The van der Waals surface area contributed by atoms with Crippen LogP contribution in [0.1, 0.15) is 57.8 Å². The maximum Gasteiger partial charge on any atom is 0.303 e. The van der Waals surface area contributed by atoms with Crippen LogP contribution in [0.25, 0.3) is 0 Å². The molecule has 2 aliphatic carbocycles. The molecule has 0 spiro atoms. The Labute approximate surface area is 121 Å². The molecule has 4 nitrogen and oxygen atoms in total. The van der Waals surface area contributed by atoms with Crippen LogP contribution in [0.4, 0.5) is 0 Å². The first-order valence-corrected chi connectivity index (χ1v) is 8.42. The van der Waals surface area contributed by atoms with Gasteiger partial charge in [0.2, 0.25) is 0 Å². The number of hydrogen-bond donors (Lipinski definition) is 2. The number of aliphatic carboxylic acids is 1. The molecule has 0 radical (unpaired) electrons. The highest BCUT2D eigenvalue weighted by Crippen LogP contribution is 2.33. The first kappa shape index (κ1) is 14.3. The van der Waals surface area contributed by atoms with Crippen LogP contribution >= 0.6 is 0 Å². The lowest BCUT2D eigenvalue weighted by Gasteiger charge is -2.39. The Hall–Kier alpha value is -0.610. The number of rotatable bonds is 6. The number of piperidine rings is 1. The predicted octanol–water partition coefficient (Wildman–Crippen LogP) is 2.24. The van der Waals surface area contributed by atoms with Crippen molar-refractivity contribution in [3.63, 3.8) is 0 Å². The van der Waals surface area contributed by atoms with Gasteiger partial charge in [-0.3, -0.25) is 9.69 Å². The second-order valence-electron chi connectivity index (χ2n) is 7.06. The van der Waals surface area contributed by atoms with Crippen molar-refractivity contribution in [2.24, 2.45) is 5.92 Å². The first-order valence-electron chi connectivity index (χ1n) is 8.42. The molecule has 0 bridgehead atoms. The number of carbonyl (C=O) groups is 1. The highest BCUT2D eigenvalue weighted by Gasteiger charge is 2.36. The Kier molecular flexibility index (Phi) is 4.61. The molecular weight excluding hydrogens is 252 g/mol. The second kappa shape index (κ2) is 6.44. The van der Waals surface area contributed by atoms with Crippen molar-refractivity contribution in [2.45, 2.75) is 75.9 Å². The maximum atomic E-state index is 10.8. The molecule has 2 atom stereocenters. The van der Waals surface area contributed by atoms with E-state index in [1.54, 1.807) is 0 Å². The molecule has 1 aliphatic heterocycles. The van der Waals surface area contributed by atoms with E-state index < -0.39 is 5.97 Å². The molecule has 0 amide bonds. The quantitative estimate of drug-likeness (QED) is 0.783. The third kappa shape index (κ3) is 3.95. The summed E-state index contributed by atoms with van der Waals surface area (Å²) in [6.45, 7) is 2.31. The molecule has 3 rings (SSSR count). The molecule has 20 heavy (non-hydrogen) atoms. The highest BCUT2D eigenvalue weighted by atomic mass is 16.4. The molecule has 3 fully saturated rings. The van der Waals surface area contributed by atoms with Crippen molar-refractivity contribution in [3.05, 3.63) is 0 Å². The van der Waals surface area contributed by atoms with Gasteiger partial charge in [0.25, 0.3) is 0 Å². The van der Waals surface area contributed by atoms with Crippen molar-refractivity contribution < 1.29 is 9.90 Å². The molecule has 3 aliphatic rings. The van der Waals surface area contributed by atoms with Crippen LogP contribution in [0.3, 0.4) is 0 Å². The second-order valence-corrected chi connectivity index (χ2v) is 7.06. The first-order chi connectivity index (χ1) is 9.70. The third-order valence-corrected chi connectivity index (χ3v) is 5.22. The van der Waals surface area contributed by atoms with E-state index in [9.17, 15) is 4.79 Å². The summed E-state index contributed by atoms with van der Waals surface area (Å²) in [5, 5.41) is 12.8. The van der Waals surface area contributed by atoms with Crippen LogP contribution in [-0.4, -0.2) is 47.2 Å². The van der Waals surface area contributed by atoms with Gasteiger partial charge in [0.1, 0.15) is 0 Å². The molecule has 0 aromatic rings. The van der Waals surface area contributed by atoms with Crippen LogP contribution in [0.15, 0.2) is 0 Å². The van der Waals surface area contributed by atoms with E-state index >= 15 is 0 Å². The fraction of sp³-hybridized carbons (Fsp3) is 0.938. The minimum atomic E-state index is -0.645. The van der Waals surface area contributed by atoms with E-state index in [0.29, 0.717) is 18.4 Å².